The number of fused-ring (bicyclic) bond motifs is 2. The van der Waals surface area contributed by atoms with Gasteiger partial charge in [-0.1, -0.05) is 31.4 Å². The molecule has 2 aliphatic carbocycles. The van der Waals surface area contributed by atoms with Gasteiger partial charge in [0.15, 0.2) is 0 Å². The number of carbonyl (C=O) groups is 4. The van der Waals surface area contributed by atoms with Crippen molar-refractivity contribution < 1.29 is 34.1 Å². The van der Waals surface area contributed by atoms with Gasteiger partial charge in [0.2, 0.25) is 11.6 Å². The minimum absolute atomic E-state index is 0.0632. The molecule has 0 radical (unpaired) electrons. The van der Waals surface area contributed by atoms with Crippen molar-refractivity contribution in [1.29, 1.82) is 0 Å². The summed E-state index contributed by atoms with van der Waals surface area (Å²) in [5.74, 6) is -2.28. The molecule has 2 N–H and O–H groups in total. The van der Waals surface area contributed by atoms with Crippen LogP contribution in [-0.4, -0.2) is 46.9 Å². The first-order valence-corrected chi connectivity index (χ1v) is 10.7. The number of aliphatic hydroxyl groups excluding tert-OH is 1. The highest BCUT2D eigenvalue weighted by atomic mass is 16.7. The van der Waals surface area contributed by atoms with Gasteiger partial charge in [-0.05, 0) is 56.8 Å². The van der Waals surface area contributed by atoms with E-state index in [-0.39, 0.29) is 36.9 Å². The number of hydrogen-bond acceptors (Lipinski definition) is 6. The van der Waals surface area contributed by atoms with E-state index < -0.39 is 23.5 Å². The number of hydrogen-bond donors (Lipinski definition) is 2. The van der Waals surface area contributed by atoms with Crippen LogP contribution in [0.4, 0.5) is 4.79 Å². The number of Topliss-reactive ketones (excluding diaryl/α,β-unsaturated/α-hetero) is 3. The minimum Gasteiger partial charge on any atom is -0.450 e. The van der Waals surface area contributed by atoms with Crippen molar-refractivity contribution in [2.75, 3.05) is 13.2 Å². The van der Waals surface area contributed by atoms with Crippen LogP contribution < -0.4 is 0 Å². The predicted octanol–water partition coefficient (Wildman–Crippen LogP) is 3.33. The Labute approximate surface area is 171 Å². The number of carbonyl (C=O) groups excluding carboxylic acids is 3. The first-order chi connectivity index (χ1) is 14.0. The van der Waals surface area contributed by atoms with Gasteiger partial charge in [-0.3, -0.25) is 14.4 Å². The van der Waals surface area contributed by atoms with Gasteiger partial charge in [-0.25, -0.2) is 4.79 Å². The number of aliphatic hydroxyl groups is 1. The molecular weight excluding hydrogens is 376 g/mol. The largest absolute Gasteiger partial charge is 0.505 e. The summed E-state index contributed by atoms with van der Waals surface area (Å²) in [6.07, 6.45) is 10.6. The first-order valence-electron chi connectivity index (χ1n) is 10.7. The molecule has 0 aromatic rings. The van der Waals surface area contributed by atoms with E-state index in [9.17, 15) is 19.2 Å². The first kappa shape index (κ1) is 23.3. The van der Waals surface area contributed by atoms with E-state index in [1.807, 2.05) is 6.08 Å². The molecule has 0 saturated heterocycles. The maximum absolute atomic E-state index is 12.4. The minimum atomic E-state index is -1.27. The molecule has 2 saturated carbocycles. The predicted molar refractivity (Wildman–Crippen MR) is 105 cm³/mol. The fourth-order valence-corrected chi connectivity index (χ4v) is 4.88. The van der Waals surface area contributed by atoms with Crippen LogP contribution in [0.5, 0.6) is 0 Å². The smallest absolute Gasteiger partial charge is 0.450 e. The number of allylic oxidation sites excluding steroid dienone is 1. The molecule has 0 aromatic carbocycles. The summed E-state index contributed by atoms with van der Waals surface area (Å²) in [6, 6.07) is 0. The maximum atomic E-state index is 12.4. The van der Waals surface area contributed by atoms with Crippen molar-refractivity contribution >= 4 is 23.5 Å². The third-order valence-electron chi connectivity index (χ3n) is 6.24. The molecular formula is C22H32O7. The van der Waals surface area contributed by atoms with Crippen molar-refractivity contribution in [2.24, 2.45) is 23.7 Å². The maximum Gasteiger partial charge on any atom is 0.505 e. The van der Waals surface area contributed by atoms with Crippen LogP contribution in [0.25, 0.3) is 0 Å². The Morgan fingerprint density at radius 2 is 1.48 bits per heavy atom. The third-order valence-corrected chi connectivity index (χ3v) is 6.24. The number of ether oxygens (including phenoxy) is 1. The number of rotatable bonds is 13. The van der Waals surface area contributed by atoms with Gasteiger partial charge in [0, 0.05) is 18.4 Å². The molecule has 0 amide bonds. The van der Waals surface area contributed by atoms with Crippen LogP contribution in [0.15, 0.2) is 12.2 Å². The zero-order valence-electron chi connectivity index (χ0n) is 16.9. The average Bonchev–Trinajstić information content (AvgIpc) is 3.02. The lowest BCUT2D eigenvalue weighted by atomic mass is 9.80. The number of carboxylic acid groups (broad SMARTS) is 1. The Morgan fingerprint density at radius 1 is 0.897 bits per heavy atom. The second kappa shape index (κ2) is 11.9. The number of unbranched alkanes of at least 4 members (excludes halogenated alkanes) is 4. The lowest BCUT2D eigenvalue weighted by Crippen LogP contribution is -2.38. The van der Waals surface area contributed by atoms with Crippen LogP contribution in [0.2, 0.25) is 0 Å². The van der Waals surface area contributed by atoms with E-state index in [1.165, 1.54) is 0 Å². The van der Waals surface area contributed by atoms with Gasteiger partial charge in [0.25, 0.3) is 5.78 Å². The quantitative estimate of drug-likeness (QED) is 0.208. The van der Waals surface area contributed by atoms with E-state index in [1.54, 1.807) is 0 Å². The van der Waals surface area contributed by atoms with Gasteiger partial charge in [-0.2, -0.15) is 0 Å². The summed E-state index contributed by atoms with van der Waals surface area (Å²) < 4.78 is 4.50. The molecule has 29 heavy (non-hydrogen) atoms. The van der Waals surface area contributed by atoms with Crippen molar-refractivity contribution in [3.8, 4) is 0 Å². The second-order valence-corrected chi connectivity index (χ2v) is 8.07. The zero-order chi connectivity index (χ0) is 21.2. The van der Waals surface area contributed by atoms with Crippen LogP contribution in [0.3, 0.4) is 0 Å². The van der Waals surface area contributed by atoms with Crippen molar-refractivity contribution in [2.45, 2.75) is 64.2 Å². The van der Waals surface area contributed by atoms with Crippen LogP contribution in [-0.2, 0) is 19.1 Å². The molecule has 4 unspecified atom stereocenters. The monoisotopic (exact) mass is 408 g/mol. The molecule has 2 bridgehead atoms. The fourth-order valence-electron chi connectivity index (χ4n) is 4.88. The normalized spacial score (nSPS) is 26.4. The van der Waals surface area contributed by atoms with Crippen molar-refractivity contribution in [3.63, 3.8) is 0 Å². The van der Waals surface area contributed by atoms with Crippen LogP contribution in [0, 0.1) is 23.7 Å². The van der Waals surface area contributed by atoms with Crippen molar-refractivity contribution in [1.82, 2.24) is 0 Å². The Bertz CT molecular complexity index is 625. The average molecular weight is 408 g/mol. The van der Waals surface area contributed by atoms with E-state index in [0.717, 1.165) is 44.9 Å². The van der Waals surface area contributed by atoms with Gasteiger partial charge >= 0.3 is 6.16 Å². The van der Waals surface area contributed by atoms with Crippen LogP contribution in [0.1, 0.15) is 64.2 Å². The highest BCUT2D eigenvalue weighted by Crippen LogP contribution is 2.50. The Kier molecular flexibility index (Phi) is 9.51. The van der Waals surface area contributed by atoms with Crippen LogP contribution >= 0.6 is 0 Å². The summed E-state index contributed by atoms with van der Waals surface area (Å²) in [5, 5.41) is 17.3. The van der Waals surface area contributed by atoms with E-state index in [4.69, 9.17) is 10.2 Å². The van der Waals surface area contributed by atoms with E-state index in [2.05, 4.69) is 10.8 Å². The summed E-state index contributed by atoms with van der Waals surface area (Å²) >= 11 is 0. The van der Waals surface area contributed by atoms with Crippen molar-refractivity contribution in [3.05, 3.63) is 12.2 Å². The Balaban J connectivity index is 1.87. The Hall–Kier alpha value is -2.02. The number of ketones is 3. The highest BCUT2D eigenvalue weighted by molar-refractivity contribution is 6.65. The molecule has 0 heterocycles. The molecule has 7 nitrogen and oxygen atoms in total. The molecule has 0 aliphatic heterocycles. The topological polar surface area (TPSA) is 118 Å². The summed E-state index contributed by atoms with van der Waals surface area (Å²) in [4.78, 5) is 47.1. The van der Waals surface area contributed by atoms with E-state index in [0.29, 0.717) is 19.3 Å². The summed E-state index contributed by atoms with van der Waals surface area (Å²) in [7, 11) is 0. The molecule has 2 aliphatic rings. The lowest BCUT2D eigenvalue weighted by molar-refractivity contribution is -0.149. The fraction of sp³-hybridized carbons (Fsp3) is 0.727. The summed E-state index contributed by atoms with van der Waals surface area (Å²) in [5.41, 5.74) is 0. The molecule has 0 aromatic heterocycles. The van der Waals surface area contributed by atoms with Gasteiger partial charge < -0.3 is 14.9 Å². The second-order valence-electron chi connectivity index (χ2n) is 8.07. The molecule has 7 heteroatoms. The summed E-state index contributed by atoms with van der Waals surface area (Å²) in [6.45, 7) is 0.311. The van der Waals surface area contributed by atoms with Gasteiger partial charge in [0.05, 0.1) is 6.61 Å². The molecule has 2 rings (SSSR count). The van der Waals surface area contributed by atoms with Gasteiger partial charge in [-0.15, -0.1) is 0 Å². The molecule has 4 atom stereocenters. The van der Waals surface area contributed by atoms with E-state index >= 15 is 0 Å². The highest BCUT2D eigenvalue weighted by Gasteiger charge is 2.55. The van der Waals surface area contributed by atoms with Gasteiger partial charge in [0.1, 0.15) is 0 Å². The molecule has 2 fully saturated rings. The molecule has 0 spiro atoms. The standard InChI is InChI=1S/C22H32O7/c23-12-8-4-2-1-3-6-10-15-16(11-7-5-9-13-29-22(27)28)18-14-17(15)19(24)21(26)20(18)25/h2,4,15-18,23H,1,3,5-14H2,(H,27,28). The third kappa shape index (κ3) is 6.49. The Morgan fingerprint density at radius 3 is 2.07 bits per heavy atom. The lowest BCUT2D eigenvalue weighted by Gasteiger charge is -2.23. The molecule has 162 valence electrons. The SMILES string of the molecule is O=C(O)OCCCCCC1C2CC(C(=O)C(=O)C2=O)C1CCCCC=CCCO. The zero-order valence-corrected chi connectivity index (χ0v) is 16.9.